The van der Waals surface area contributed by atoms with Crippen molar-refractivity contribution < 1.29 is 18.3 Å². The van der Waals surface area contributed by atoms with E-state index in [1.807, 2.05) is 0 Å². The van der Waals surface area contributed by atoms with Crippen LogP contribution in [0.1, 0.15) is 10.4 Å². The van der Waals surface area contributed by atoms with Gasteiger partial charge in [-0.2, -0.15) is 0 Å². The summed E-state index contributed by atoms with van der Waals surface area (Å²) in [7, 11) is 0. The fourth-order valence-electron chi connectivity index (χ4n) is 1.43. The molecular formula is C14H9BrF2O2. The summed E-state index contributed by atoms with van der Waals surface area (Å²) in [4.78, 5) is 11.7. The van der Waals surface area contributed by atoms with E-state index in [2.05, 4.69) is 15.9 Å². The molecule has 19 heavy (non-hydrogen) atoms. The van der Waals surface area contributed by atoms with Gasteiger partial charge in [0.1, 0.15) is 17.4 Å². The van der Waals surface area contributed by atoms with Crippen LogP contribution < -0.4 is 4.74 Å². The van der Waals surface area contributed by atoms with Crippen LogP contribution in [0.2, 0.25) is 0 Å². The summed E-state index contributed by atoms with van der Waals surface area (Å²) in [6, 6.07) is 9.38. The molecular weight excluding hydrogens is 318 g/mol. The summed E-state index contributed by atoms with van der Waals surface area (Å²) in [6.45, 7) is -0.229. The van der Waals surface area contributed by atoms with Gasteiger partial charge in [0.25, 0.3) is 0 Å². The number of hydrogen-bond donors (Lipinski definition) is 0. The molecule has 0 fully saturated rings. The Morgan fingerprint density at radius 3 is 2.42 bits per heavy atom. The molecule has 0 unspecified atom stereocenters. The zero-order valence-corrected chi connectivity index (χ0v) is 11.3. The number of ether oxygens (including phenoxy) is 1. The Hall–Kier alpha value is -1.75. The molecule has 0 aromatic heterocycles. The summed E-state index contributed by atoms with van der Waals surface area (Å²) in [5, 5.41) is 0. The maximum atomic E-state index is 13.2. The summed E-state index contributed by atoms with van der Waals surface area (Å²) >= 11 is 3.02. The van der Waals surface area contributed by atoms with Gasteiger partial charge in [0.15, 0.2) is 12.4 Å². The first-order valence-corrected chi connectivity index (χ1v) is 6.22. The van der Waals surface area contributed by atoms with E-state index in [1.165, 1.54) is 36.4 Å². The minimum absolute atomic E-state index is 0.229. The molecule has 2 aromatic carbocycles. The van der Waals surface area contributed by atoms with E-state index in [0.29, 0.717) is 10.0 Å². The second-order valence-corrected chi connectivity index (χ2v) is 4.65. The minimum atomic E-state index is -0.466. The molecule has 0 saturated carbocycles. The Kier molecular flexibility index (Phi) is 4.27. The lowest BCUT2D eigenvalue weighted by Gasteiger charge is -2.06. The summed E-state index contributed by atoms with van der Waals surface area (Å²) in [5.74, 6) is -0.918. The van der Waals surface area contributed by atoms with Crippen LogP contribution in [0, 0.1) is 11.6 Å². The lowest BCUT2D eigenvalue weighted by Crippen LogP contribution is -2.11. The Bertz CT molecular complexity index is 597. The maximum absolute atomic E-state index is 13.2. The first-order chi connectivity index (χ1) is 9.06. The zero-order chi connectivity index (χ0) is 13.8. The number of Topliss-reactive ketones (excluding diaryl/α,β-unsaturated/α-hetero) is 1. The van der Waals surface area contributed by atoms with Gasteiger partial charge in [-0.1, -0.05) is 0 Å². The lowest BCUT2D eigenvalue weighted by molar-refractivity contribution is 0.0921. The van der Waals surface area contributed by atoms with Gasteiger partial charge in [-0.25, -0.2) is 8.78 Å². The smallest absolute Gasteiger partial charge is 0.200 e. The van der Waals surface area contributed by atoms with Crippen molar-refractivity contribution in [1.29, 1.82) is 0 Å². The highest BCUT2D eigenvalue weighted by molar-refractivity contribution is 9.10. The molecule has 0 atom stereocenters. The van der Waals surface area contributed by atoms with Crippen LogP contribution in [-0.2, 0) is 0 Å². The molecule has 0 saturated heterocycles. The van der Waals surface area contributed by atoms with Crippen LogP contribution in [0.3, 0.4) is 0 Å². The number of halogens is 3. The average molecular weight is 327 g/mol. The molecule has 2 nitrogen and oxygen atoms in total. The van der Waals surface area contributed by atoms with E-state index >= 15 is 0 Å². The number of carbonyl (C=O) groups excluding carboxylic acids is 1. The van der Waals surface area contributed by atoms with E-state index in [4.69, 9.17) is 4.74 Å². The fraction of sp³-hybridized carbons (Fsp3) is 0.0714. The van der Waals surface area contributed by atoms with Crippen molar-refractivity contribution in [1.82, 2.24) is 0 Å². The Labute approximate surface area is 117 Å². The SMILES string of the molecule is O=C(COc1ccc(Br)c(F)c1)c1ccc(F)cc1. The largest absolute Gasteiger partial charge is 0.485 e. The normalized spacial score (nSPS) is 10.3. The molecule has 2 rings (SSSR count). The molecule has 0 radical (unpaired) electrons. The summed E-state index contributed by atoms with van der Waals surface area (Å²) in [6.07, 6.45) is 0. The molecule has 0 N–H and O–H groups in total. The van der Waals surface area contributed by atoms with Gasteiger partial charge in [-0.3, -0.25) is 4.79 Å². The van der Waals surface area contributed by atoms with Crippen molar-refractivity contribution >= 4 is 21.7 Å². The van der Waals surface area contributed by atoms with Gasteiger partial charge in [0.05, 0.1) is 4.47 Å². The molecule has 0 spiro atoms. The van der Waals surface area contributed by atoms with Gasteiger partial charge in [-0.05, 0) is 52.3 Å². The average Bonchev–Trinajstić information content (AvgIpc) is 2.40. The first kappa shape index (κ1) is 13.7. The summed E-state index contributed by atoms with van der Waals surface area (Å²) in [5.41, 5.74) is 0.346. The van der Waals surface area contributed by atoms with Crippen molar-refractivity contribution in [3.05, 3.63) is 64.1 Å². The van der Waals surface area contributed by atoms with Crippen molar-refractivity contribution in [3.63, 3.8) is 0 Å². The Morgan fingerprint density at radius 2 is 1.79 bits per heavy atom. The molecule has 98 valence electrons. The zero-order valence-electron chi connectivity index (χ0n) is 9.70. The predicted octanol–water partition coefficient (Wildman–Crippen LogP) is 3.99. The molecule has 0 aliphatic rings. The van der Waals surface area contributed by atoms with Crippen LogP contribution in [0.25, 0.3) is 0 Å². The number of rotatable bonds is 4. The van der Waals surface area contributed by atoms with Crippen LogP contribution in [0.15, 0.2) is 46.9 Å². The highest BCUT2D eigenvalue weighted by atomic mass is 79.9. The van der Waals surface area contributed by atoms with Gasteiger partial charge >= 0.3 is 0 Å². The van der Waals surface area contributed by atoms with Crippen molar-refractivity contribution in [2.24, 2.45) is 0 Å². The van der Waals surface area contributed by atoms with E-state index < -0.39 is 11.6 Å². The molecule has 5 heteroatoms. The second-order valence-electron chi connectivity index (χ2n) is 3.79. The van der Waals surface area contributed by atoms with Crippen LogP contribution in [-0.4, -0.2) is 12.4 Å². The van der Waals surface area contributed by atoms with Gasteiger partial charge in [0.2, 0.25) is 0 Å². The predicted molar refractivity (Wildman–Crippen MR) is 70.3 cm³/mol. The van der Waals surface area contributed by atoms with E-state index in [0.717, 1.165) is 0 Å². The monoisotopic (exact) mass is 326 g/mol. The second kappa shape index (κ2) is 5.93. The minimum Gasteiger partial charge on any atom is -0.485 e. The summed E-state index contributed by atoms with van der Waals surface area (Å²) < 4.78 is 31.4. The quantitative estimate of drug-likeness (QED) is 0.794. The third-order valence-electron chi connectivity index (χ3n) is 2.43. The third-order valence-corrected chi connectivity index (χ3v) is 3.07. The highest BCUT2D eigenvalue weighted by Gasteiger charge is 2.08. The standard InChI is InChI=1S/C14H9BrF2O2/c15-12-6-5-11(7-13(12)17)19-8-14(18)9-1-3-10(16)4-2-9/h1-7H,8H2. The molecule has 0 aliphatic carbocycles. The van der Waals surface area contributed by atoms with Crippen LogP contribution >= 0.6 is 15.9 Å². The number of carbonyl (C=O) groups is 1. The maximum Gasteiger partial charge on any atom is 0.200 e. The van der Waals surface area contributed by atoms with Gasteiger partial charge in [0, 0.05) is 11.6 Å². The Morgan fingerprint density at radius 1 is 1.11 bits per heavy atom. The highest BCUT2D eigenvalue weighted by Crippen LogP contribution is 2.21. The molecule has 0 aliphatic heterocycles. The molecule has 0 amide bonds. The van der Waals surface area contributed by atoms with E-state index in [1.54, 1.807) is 6.07 Å². The van der Waals surface area contributed by atoms with E-state index in [-0.39, 0.29) is 18.1 Å². The van der Waals surface area contributed by atoms with Crippen molar-refractivity contribution in [2.75, 3.05) is 6.61 Å². The lowest BCUT2D eigenvalue weighted by atomic mass is 10.1. The first-order valence-electron chi connectivity index (χ1n) is 5.43. The van der Waals surface area contributed by atoms with E-state index in [9.17, 15) is 13.6 Å². The Balaban J connectivity index is 2.00. The van der Waals surface area contributed by atoms with Crippen LogP contribution in [0.5, 0.6) is 5.75 Å². The topological polar surface area (TPSA) is 26.3 Å². The van der Waals surface area contributed by atoms with Crippen molar-refractivity contribution in [2.45, 2.75) is 0 Å². The van der Waals surface area contributed by atoms with Gasteiger partial charge in [-0.15, -0.1) is 0 Å². The molecule has 0 bridgehead atoms. The molecule has 2 aromatic rings. The fourth-order valence-corrected chi connectivity index (χ4v) is 1.68. The number of benzene rings is 2. The molecule has 0 heterocycles. The van der Waals surface area contributed by atoms with Crippen molar-refractivity contribution in [3.8, 4) is 5.75 Å². The van der Waals surface area contributed by atoms with Crippen LogP contribution in [0.4, 0.5) is 8.78 Å². The third kappa shape index (κ3) is 3.61. The number of ketones is 1. The number of hydrogen-bond acceptors (Lipinski definition) is 2. The van der Waals surface area contributed by atoms with Gasteiger partial charge < -0.3 is 4.74 Å².